The monoisotopic (exact) mass is 368 g/mol. The Bertz CT molecular complexity index is 753. The Morgan fingerprint density at radius 1 is 1.28 bits per heavy atom. The Balaban J connectivity index is 1.69. The van der Waals surface area contributed by atoms with E-state index in [0.717, 1.165) is 32.3 Å². The molecule has 2 amide bonds. The van der Waals surface area contributed by atoms with E-state index in [0.29, 0.717) is 29.7 Å². The largest absolute Gasteiger partial charge is 0.495 e. The molecule has 2 heterocycles. The van der Waals surface area contributed by atoms with E-state index in [2.05, 4.69) is 14.9 Å². The fraction of sp³-hybridized carbons (Fsp3) is 0.562. The van der Waals surface area contributed by atoms with Crippen molar-refractivity contribution in [3.8, 4) is 5.75 Å². The van der Waals surface area contributed by atoms with Crippen LogP contribution in [0.2, 0.25) is 0 Å². The number of nitrogens with one attached hydrogen (secondary N) is 2. The molecule has 3 rings (SSSR count). The van der Waals surface area contributed by atoms with Gasteiger partial charge in [0.25, 0.3) is 0 Å². The van der Waals surface area contributed by atoms with Crippen LogP contribution in [0.1, 0.15) is 12.8 Å². The van der Waals surface area contributed by atoms with E-state index in [1.165, 1.54) is 13.5 Å². The summed E-state index contributed by atoms with van der Waals surface area (Å²) in [5.74, 6) is 0.392. The van der Waals surface area contributed by atoms with Crippen molar-refractivity contribution in [3.05, 3.63) is 18.2 Å². The second kappa shape index (κ2) is 7.09. The number of carbonyl (C=O) groups is 1. The number of hydrogen-bond donors (Lipinski definition) is 2. The summed E-state index contributed by atoms with van der Waals surface area (Å²) in [6.07, 6.45) is 3.40. The predicted molar refractivity (Wildman–Crippen MR) is 96.6 cm³/mol. The SMILES string of the molecule is COc1ccc(NC(=O)N2CCN3CCC[C@H]3C2)cc1NS(C)(=O)=O. The van der Waals surface area contributed by atoms with E-state index in [4.69, 9.17) is 4.74 Å². The fourth-order valence-electron chi connectivity index (χ4n) is 3.44. The van der Waals surface area contributed by atoms with Crippen molar-refractivity contribution < 1.29 is 17.9 Å². The Kier molecular flexibility index (Phi) is 5.05. The topological polar surface area (TPSA) is 91.0 Å². The van der Waals surface area contributed by atoms with E-state index >= 15 is 0 Å². The molecule has 0 saturated carbocycles. The molecule has 0 aromatic heterocycles. The molecule has 138 valence electrons. The number of urea groups is 1. The number of nitrogens with zero attached hydrogens (tertiary/aromatic N) is 2. The molecule has 0 aliphatic carbocycles. The van der Waals surface area contributed by atoms with Crippen LogP contribution in [0.4, 0.5) is 16.2 Å². The van der Waals surface area contributed by atoms with Crippen LogP contribution in [-0.2, 0) is 10.0 Å². The van der Waals surface area contributed by atoms with Crippen molar-refractivity contribution in [2.24, 2.45) is 0 Å². The third kappa shape index (κ3) is 4.35. The van der Waals surface area contributed by atoms with Gasteiger partial charge in [-0.3, -0.25) is 9.62 Å². The summed E-state index contributed by atoms with van der Waals surface area (Å²) >= 11 is 0. The van der Waals surface area contributed by atoms with Gasteiger partial charge in [0, 0.05) is 31.4 Å². The van der Waals surface area contributed by atoms with Gasteiger partial charge in [0.2, 0.25) is 10.0 Å². The molecule has 9 heteroatoms. The van der Waals surface area contributed by atoms with Crippen LogP contribution < -0.4 is 14.8 Å². The molecular formula is C16H24N4O4S. The lowest BCUT2D eigenvalue weighted by atomic mass is 10.1. The second-order valence-electron chi connectivity index (χ2n) is 6.50. The summed E-state index contributed by atoms with van der Waals surface area (Å²) in [4.78, 5) is 16.8. The Hall–Kier alpha value is -2.00. The third-order valence-electron chi connectivity index (χ3n) is 4.62. The van der Waals surface area contributed by atoms with Crippen LogP contribution in [-0.4, -0.2) is 69.8 Å². The highest BCUT2D eigenvalue weighted by atomic mass is 32.2. The van der Waals surface area contributed by atoms with Crippen LogP contribution in [0, 0.1) is 0 Å². The number of hydrogen-bond acceptors (Lipinski definition) is 5. The summed E-state index contributed by atoms with van der Waals surface area (Å²) < 4.78 is 30.5. The van der Waals surface area contributed by atoms with Gasteiger partial charge in [-0.05, 0) is 37.6 Å². The van der Waals surface area contributed by atoms with Crippen molar-refractivity contribution in [2.45, 2.75) is 18.9 Å². The minimum Gasteiger partial charge on any atom is -0.495 e. The van der Waals surface area contributed by atoms with Gasteiger partial charge in [0.1, 0.15) is 5.75 Å². The molecule has 2 aliphatic rings. The predicted octanol–water partition coefficient (Wildman–Crippen LogP) is 1.38. The van der Waals surface area contributed by atoms with Gasteiger partial charge >= 0.3 is 6.03 Å². The summed E-state index contributed by atoms with van der Waals surface area (Å²) in [6, 6.07) is 5.16. The van der Waals surface area contributed by atoms with Gasteiger partial charge in [-0.1, -0.05) is 0 Å². The van der Waals surface area contributed by atoms with Gasteiger partial charge in [0.05, 0.1) is 19.1 Å². The highest BCUT2D eigenvalue weighted by Gasteiger charge is 2.32. The number of ether oxygens (including phenoxy) is 1. The average Bonchev–Trinajstić information content (AvgIpc) is 3.01. The first-order valence-corrected chi connectivity index (χ1v) is 10.2. The van der Waals surface area contributed by atoms with Crippen LogP contribution >= 0.6 is 0 Å². The molecule has 2 N–H and O–H groups in total. The zero-order chi connectivity index (χ0) is 18.0. The molecule has 25 heavy (non-hydrogen) atoms. The van der Waals surface area contributed by atoms with Crippen LogP contribution in [0.25, 0.3) is 0 Å². The Morgan fingerprint density at radius 2 is 2.08 bits per heavy atom. The molecule has 0 unspecified atom stereocenters. The summed E-state index contributed by atoms with van der Waals surface area (Å²) in [6.45, 7) is 3.46. The van der Waals surface area contributed by atoms with E-state index < -0.39 is 10.0 Å². The van der Waals surface area contributed by atoms with Crippen molar-refractivity contribution in [2.75, 3.05) is 49.6 Å². The molecule has 2 fully saturated rings. The molecule has 0 bridgehead atoms. The number of anilines is 2. The number of methoxy groups -OCH3 is 1. The first-order chi connectivity index (χ1) is 11.9. The number of carbonyl (C=O) groups excluding carboxylic acids is 1. The van der Waals surface area contributed by atoms with Crippen LogP contribution in [0.5, 0.6) is 5.75 Å². The number of fused-ring (bicyclic) bond motifs is 1. The minimum atomic E-state index is -3.44. The fourth-order valence-corrected chi connectivity index (χ4v) is 4.00. The maximum absolute atomic E-state index is 12.5. The lowest BCUT2D eigenvalue weighted by Crippen LogP contribution is -2.53. The van der Waals surface area contributed by atoms with Crippen molar-refractivity contribution in [3.63, 3.8) is 0 Å². The van der Waals surface area contributed by atoms with E-state index in [9.17, 15) is 13.2 Å². The molecule has 0 radical (unpaired) electrons. The quantitative estimate of drug-likeness (QED) is 0.838. The molecule has 1 aromatic rings. The maximum atomic E-state index is 12.5. The van der Waals surface area contributed by atoms with E-state index in [1.807, 2.05) is 4.90 Å². The molecule has 8 nitrogen and oxygen atoms in total. The molecular weight excluding hydrogens is 344 g/mol. The van der Waals surface area contributed by atoms with Gasteiger partial charge in [-0.25, -0.2) is 13.2 Å². The second-order valence-corrected chi connectivity index (χ2v) is 8.25. The Morgan fingerprint density at radius 3 is 2.80 bits per heavy atom. The molecule has 2 aliphatic heterocycles. The van der Waals surface area contributed by atoms with Gasteiger partial charge in [0.15, 0.2) is 0 Å². The standard InChI is InChI=1S/C16H24N4O4S/c1-24-15-6-5-12(10-14(15)18-25(2,22)23)17-16(21)20-9-8-19-7-3-4-13(19)11-20/h5-6,10,13,18H,3-4,7-9,11H2,1-2H3,(H,17,21)/t13-/m0/s1. The zero-order valence-corrected chi connectivity index (χ0v) is 15.3. The van der Waals surface area contributed by atoms with E-state index in [1.54, 1.807) is 18.2 Å². The Labute approximate surface area is 148 Å². The van der Waals surface area contributed by atoms with Gasteiger partial charge in [-0.15, -0.1) is 0 Å². The zero-order valence-electron chi connectivity index (χ0n) is 14.5. The first-order valence-electron chi connectivity index (χ1n) is 8.31. The molecule has 1 atom stereocenters. The number of benzene rings is 1. The summed E-state index contributed by atoms with van der Waals surface area (Å²) in [7, 11) is -1.98. The molecule has 2 saturated heterocycles. The summed E-state index contributed by atoms with van der Waals surface area (Å²) in [5, 5.41) is 2.85. The number of rotatable bonds is 4. The normalized spacial score (nSPS) is 20.9. The van der Waals surface area contributed by atoms with E-state index in [-0.39, 0.29) is 6.03 Å². The lowest BCUT2D eigenvalue weighted by Gasteiger charge is -2.37. The molecule has 0 spiro atoms. The van der Waals surface area contributed by atoms with Crippen molar-refractivity contribution >= 4 is 27.4 Å². The first kappa shape index (κ1) is 17.8. The lowest BCUT2D eigenvalue weighted by molar-refractivity contribution is 0.124. The number of amides is 2. The highest BCUT2D eigenvalue weighted by molar-refractivity contribution is 7.92. The maximum Gasteiger partial charge on any atom is 0.321 e. The number of piperazine rings is 1. The van der Waals surface area contributed by atoms with Gasteiger partial charge in [-0.2, -0.15) is 0 Å². The van der Waals surface area contributed by atoms with Gasteiger partial charge < -0.3 is 15.0 Å². The highest BCUT2D eigenvalue weighted by Crippen LogP contribution is 2.29. The average molecular weight is 368 g/mol. The van der Waals surface area contributed by atoms with Crippen molar-refractivity contribution in [1.82, 2.24) is 9.80 Å². The molecule has 1 aromatic carbocycles. The smallest absolute Gasteiger partial charge is 0.321 e. The minimum absolute atomic E-state index is 0.165. The summed E-state index contributed by atoms with van der Waals surface area (Å²) in [5.41, 5.74) is 0.814. The third-order valence-corrected chi connectivity index (χ3v) is 5.21. The van der Waals surface area contributed by atoms with Crippen molar-refractivity contribution in [1.29, 1.82) is 0 Å². The van der Waals surface area contributed by atoms with Crippen LogP contribution in [0.15, 0.2) is 18.2 Å². The number of sulfonamides is 1. The van der Waals surface area contributed by atoms with Crippen LogP contribution in [0.3, 0.4) is 0 Å².